The van der Waals surface area contributed by atoms with Crippen molar-refractivity contribution < 1.29 is 31.9 Å². The number of halogens is 4. The number of hydrogen-bond donors (Lipinski definition) is 1. The molecule has 0 spiro atoms. The van der Waals surface area contributed by atoms with Gasteiger partial charge >= 0.3 is 6.18 Å². The second kappa shape index (κ2) is 6.37. The molecule has 8 heteroatoms. The Bertz CT molecular complexity index is 448. The summed E-state index contributed by atoms with van der Waals surface area (Å²) >= 11 is 0. The van der Waals surface area contributed by atoms with Crippen molar-refractivity contribution in [3.63, 3.8) is 0 Å². The number of ether oxygens (including phenoxy) is 1. The van der Waals surface area contributed by atoms with E-state index in [2.05, 4.69) is 9.57 Å². The molecule has 4 nitrogen and oxygen atoms in total. The van der Waals surface area contributed by atoms with Crippen molar-refractivity contribution >= 4 is 5.91 Å². The maximum absolute atomic E-state index is 13.3. The molecule has 1 rings (SSSR count). The van der Waals surface area contributed by atoms with Gasteiger partial charge in [-0.05, 0) is 17.7 Å². The molecule has 0 aromatic heterocycles. The van der Waals surface area contributed by atoms with E-state index >= 15 is 0 Å². The Balaban J connectivity index is 2.46. The van der Waals surface area contributed by atoms with Gasteiger partial charge in [0, 0.05) is 0 Å². The number of alkyl halides is 3. The van der Waals surface area contributed by atoms with E-state index in [4.69, 9.17) is 0 Å². The molecule has 0 aliphatic heterocycles. The molecule has 0 aliphatic carbocycles. The second-order valence-electron chi connectivity index (χ2n) is 3.57. The van der Waals surface area contributed by atoms with Crippen molar-refractivity contribution in [3.8, 4) is 5.75 Å². The van der Waals surface area contributed by atoms with E-state index in [1.54, 1.807) is 5.48 Å². The summed E-state index contributed by atoms with van der Waals surface area (Å²) in [5, 5.41) is 0. The van der Waals surface area contributed by atoms with Crippen LogP contribution in [0.2, 0.25) is 0 Å². The SMILES string of the molecule is COc1ccc(CC(=O)NOCC(F)(F)F)cc1F. The third-order valence-corrected chi connectivity index (χ3v) is 2.00. The molecule has 1 aromatic carbocycles. The zero-order chi connectivity index (χ0) is 14.5. The Morgan fingerprint density at radius 3 is 2.58 bits per heavy atom. The highest BCUT2D eigenvalue weighted by Crippen LogP contribution is 2.18. The Labute approximate surface area is 106 Å². The zero-order valence-electron chi connectivity index (χ0n) is 9.88. The molecule has 0 bridgehead atoms. The van der Waals surface area contributed by atoms with Crippen molar-refractivity contribution in [1.29, 1.82) is 0 Å². The van der Waals surface area contributed by atoms with Crippen LogP contribution in [0, 0.1) is 5.82 Å². The third-order valence-electron chi connectivity index (χ3n) is 2.00. The molecule has 0 heterocycles. The minimum absolute atomic E-state index is 0.0116. The van der Waals surface area contributed by atoms with Crippen molar-refractivity contribution in [1.82, 2.24) is 5.48 Å². The van der Waals surface area contributed by atoms with Gasteiger partial charge in [-0.15, -0.1) is 0 Å². The fourth-order valence-corrected chi connectivity index (χ4v) is 1.24. The van der Waals surface area contributed by atoms with Gasteiger partial charge in [0.05, 0.1) is 13.5 Å². The van der Waals surface area contributed by atoms with E-state index in [9.17, 15) is 22.4 Å². The molecule has 0 saturated heterocycles. The number of methoxy groups -OCH3 is 1. The first-order chi connectivity index (χ1) is 8.81. The number of amides is 1. The predicted octanol–water partition coefficient (Wildman–Crippen LogP) is 1.99. The van der Waals surface area contributed by atoms with Gasteiger partial charge in [0.25, 0.3) is 0 Å². The fraction of sp³-hybridized carbons (Fsp3) is 0.364. The highest BCUT2D eigenvalue weighted by molar-refractivity contribution is 5.77. The highest BCUT2D eigenvalue weighted by Gasteiger charge is 2.28. The number of nitrogens with one attached hydrogen (secondary N) is 1. The summed E-state index contributed by atoms with van der Waals surface area (Å²) < 4.78 is 53.1. The second-order valence-corrected chi connectivity index (χ2v) is 3.57. The molecule has 0 unspecified atom stereocenters. The Morgan fingerprint density at radius 2 is 2.05 bits per heavy atom. The molecule has 0 atom stereocenters. The summed E-state index contributed by atoms with van der Waals surface area (Å²) in [4.78, 5) is 15.2. The Hall–Kier alpha value is -1.83. The summed E-state index contributed by atoms with van der Waals surface area (Å²) in [5.41, 5.74) is 1.91. The largest absolute Gasteiger partial charge is 0.494 e. The lowest BCUT2D eigenvalue weighted by Crippen LogP contribution is -2.30. The standard InChI is InChI=1S/C11H11F4NO3/c1-18-9-3-2-7(4-8(9)12)5-10(17)16-19-6-11(13,14)15/h2-4H,5-6H2,1H3,(H,16,17). The van der Waals surface area contributed by atoms with Crippen LogP contribution in [0.1, 0.15) is 5.56 Å². The van der Waals surface area contributed by atoms with Crippen LogP contribution in [-0.4, -0.2) is 25.8 Å². The van der Waals surface area contributed by atoms with Crippen molar-refractivity contribution in [2.24, 2.45) is 0 Å². The smallest absolute Gasteiger partial charge is 0.414 e. The van der Waals surface area contributed by atoms with Crippen LogP contribution in [0.4, 0.5) is 17.6 Å². The molecular weight excluding hydrogens is 270 g/mol. The molecule has 0 radical (unpaired) electrons. The monoisotopic (exact) mass is 281 g/mol. The van der Waals surface area contributed by atoms with Crippen LogP contribution in [0.5, 0.6) is 5.75 Å². The van der Waals surface area contributed by atoms with E-state index < -0.39 is 24.5 Å². The van der Waals surface area contributed by atoms with Crippen LogP contribution >= 0.6 is 0 Å². The van der Waals surface area contributed by atoms with Gasteiger partial charge in [0.2, 0.25) is 5.91 Å². The topological polar surface area (TPSA) is 47.6 Å². The predicted molar refractivity (Wildman–Crippen MR) is 56.8 cm³/mol. The molecule has 1 amide bonds. The summed E-state index contributed by atoms with van der Waals surface area (Å²) in [6.07, 6.45) is -4.84. The summed E-state index contributed by atoms with van der Waals surface area (Å²) in [5.74, 6) is -1.46. The number of rotatable bonds is 5. The number of carbonyl (C=O) groups excluding carboxylic acids is 1. The zero-order valence-corrected chi connectivity index (χ0v) is 9.88. The van der Waals surface area contributed by atoms with Crippen LogP contribution in [-0.2, 0) is 16.1 Å². The van der Waals surface area contributed by atoms with E-state index in [0.717, 1.165) is 6.07 Å². The first-order valence-electron chi connectivity index (χ1n) is 5.11. The average molecular weight is 281 g/mol. The van der Waals surface area contributed by atoms with Gasteiger partial charge in [0.15, 0.2) is 18.2 Å². The van der Waals surface area contributed by atoms with E-state index in [-0.39, 0.29) is 17.7 Å². The minimum Gasteiger partial charge on any atom is -0.494 e. The van der Waals surface area contributed by atoms with Crippen LogP contribution < -0.4 is 10.2 Å². The average Bonchev–Trinajstić information content (AvgIpc) is 2.27. The number of hydroxylamine groups is 1. The molecular formula is C11H11F4NO3. The van der Waals surface area contributed by atoms with Gasteiger partial charge < -0.3 is 4.74 Å². The van der Waals surface area contributed by atoms with E-state index in [0.29, 0.717) is 0 Å². The Morgan fingerprint density at radius 1 is 1.37 bits per heavy atom. The van der Waals surface area contributed by atoms with Crippen molar-refractivity contribution in [2.75, 3.05) is 13.7 Å². The van der Waals surface area contributed by atoms with E-state index in [1.807, 2.05) is 0 Å². The first-order valence-corrected chi connectivity index (χ1v) is 5.11. The van der Waals surface area contributed by atoms with Gasteiger partial charge in [0.1, 0.15) is 0 Å². The fourth-order valence-electron chi connectivity index (χ4n) is 1.24. The lowest BCUT2D eigenvalue weighted by atomic mass is 10.1. The highest BCUT2D eigenvalue weighted by atomic mass is 19.4. The minimum atomic E-state index is -4.53. The van der Waals surface area contributed by atoms with Gasteiger partial charge in [-0.3, -0.25) is 9.63 Å². The number of benzene rings is 1. The molecule has 1 aromatic rings. The molecule has 19 heavy (non-hydrogen) atoms. The van der Waals surface area contributed by atoms with E-state index in [1.165, 1.54) is 19.2 Å². The maximum Gasteiger partial charge on any atom is 0.414 e. The molecule has 0 fully saturated rings. The van der Waals surface area contributed by atoms with Crippen molar-refractivity contribution in [2.45, 2.75) is 12.6 Å². The molecule has 0 aliphatic rings. The first kappa shape index (κ1) is 15.2. The molecule has 106 valence electrons. The number of hydrogen-bond acceptors (Lipinski definition) is 3. The van der Waals surface area contributed by atoms with Crippen LogP contribution in [0.25, 0.3) is 0 Å². The summed E-state index contributed by atoms with van der Waals surface area (Å²) in [6.45, 7) is -1.59. The normalized spacial score (nSPS) is 11.2. The maximum atomic E-state index is 13.3. The quantitative estimate of drug-likeness (QED) is 0.663. The number of carbonyl (C=O) groups is 1. The molecule has 0 saturated carbocycles. The molecule has 1 N–H and O–H groups in total. The lowest BCUT2D eigenvalue weighted by molar-refractivity contribution is -0.191. The summed E-state index contributed by atoms with van der Waals surface area (Å²) in [7, 11) is 1.29. The van der Waals surface area contributed by atoms with Crippen molar-refractivity contribution in [3.05, 3.63) is 29.6 Å². The van der Waals surface area contributed by atoms with Gasteiger partial charge in [-0.1, -0.05) is 6.07 Å². The lowest BCUT2D eigenvalue weighted by Gasteiger charge is -2.08. The van der Waals surface area contributed by atoms with Gasteiger partial charge in [-0.2, -0.15) is 13.2 Å². The Kier molecular flexibility index (Phi) is 5.11. The van der Waals surface area contributed by atoms with Crippen LogP contribution in [0.3, 0.4) is 0 Å². The summed E-state index contributed by atoms with van der Waals surface area (Å²) in [6, 6.07) is 3.79. The van der Waals surface area contributed by atoms with Gasteiger partial charge in [-0.25, -0.2) is 9.87 Å². The van der Waals surface area contributed by atoms with Crippen LogP contribution in [0.15, 0.2) is 18.2 Å². The third kappa shape index (κ3) is 5.56.